The van der Waals surface area contributed by atoms with Crippen molar-refractivity contribution in [1.29, 1.82) is 0 Å². The smallest absolute Gasteiger partial charge is 0.130 e. The second kappa shape index (κ2) is 5.76. The van der Waals surface area contributed by atoms with Crippen LogP contribution in [0.3, 0.4) is 0 Å². The molecule has 100 valence electrons. The minimum atomic E-state index is 0.553. The Kier molecular flexibility index (Phi) is 4.27. The average Bonchev–Trinajstić information content (AvgIpc) is 2.38. The van der Waals surface area contributed by atoms with Crippen LogP contribution in [0, 0.1) is 20.8 Å². The number of halogens is 1. The van der Waals surface area contributed by atoms with E-state index >= 15 is 0 Å². The molecule has 0 unspecified atom stereocenters. The van der Waals surface area contributed by atoms with E-state index in [1.165, 1.54) is 11.1 Å². The van der Waals surface area contributed by atoms with Gasteiger partial charge in [0.15, 0.2) is 0 Å². The minimum Gasteiger partial charge on any atom is -0.457 e. The van der Waals surface area contributed by atoms with E-state index in [1.54, 1.807) is 0 Å². The van der Waals surface area contributed by atoms with E-state index < -0.39 is 0 Å². The first-order chi connectivity index (χ1) is 9.01. The first kappa shape index (κ1) is 14.1. The zero-order valence-corrected chi connectivity index (χ0v) is 13.0. The third kappa shape index (κ3) is 3.17. The van der Waals surface area contributed by atoms with Gasteiger partial charge in [-0.2, -0.15) is 0 Å². The molecular formula is C16H18BrNO. The summed E-state index contributed by atoms with van der Waals surface area (Å²) in [5.41, 5.74) is 10.2. The molecule has 0 bridgehead atoms. The molecular weight excluding hydrogens is 302 g/mol. The van der Waals surface area contributed by atoms with Crippen LogP contribution in [0.15, 0.2) is 34.8 Å². The third-order valence-electron chi connectivity index (χ3n) is 3.11. The molecule has 0 aliphatic rings. The monoisotopic (exact) mass is 319 g/mol. The van der Waals surface area contributed by atoms with Gasteiger partial charge in [-0.3, -0.25) is 0 Å². The summed E-state index contributed by atoms with van der Waals surface area (Å²) in [6.07, 6.45) is 0. The highest BCUT2D eigenvalue weighted by Crippen LogP contribution is 2.31. The highest BCUT2D eigenvalue weighted by atomic mass is 79.9. The van der Waals surface area contributed by atoms with E-state index in [1.807, 2.05) is 31.2 Å². The van der Waals surface area contributed by atoms with Crippen molar-refractivity contribution in [3.05, 3.63) is 57.1 Å². The van der Waals surface area contributed by atoms with Crippen LogP contribution in [0.25, 0.3) is 0 Å². The topological polar surface area (TPSA) is 35.2 Å². The number of benzene rings is 2. The maximum atomic E-state index is 5.96. The van der Waals surface area contributed by atoms with Gasteiger partial charge in [0.2, 0.25) is 0 Å². The molecule has 2 aromatic carbocycles. The van der Waals surface area contributed by atoms with Gasteiger partial charge >= 0.3 is 0 Å². The summed E-state index contributed by atoms with van der Waals surface area (Å²) >= 11 is 3.56. The number of nitrogens with two attached hydrogens (primary N) is 1. The van der Waals surface area contributed by atoms with Gasteiger partial charge in [-0.05, 0) is 61.2 Å². The van der Waals surface area contributed by atoms with Gasteiger partial charge < -0.3 is 10.5 Å². The fourth-order valence-corrected chi connectivity index (χ4v) is 2.27. The maximum Gasteiger partial charge on any atom is 0.130 e. The Hall–Kier alpha value is -1.32. The Morgan fingerprint density at radius 3 is 2.16 bits per heavy atom. The second-order valence-electron chi connectivity index (χ2n) is 4.78. The number of hydrogen-bond acceptors (Lipinski definition) is 2. The van der Waals surface area contributed by atoms with Crippen LogP contribution < -0.4 is 10.5 Å². The van der Waals surface area contributed by atoms with E-state index in [0.29, 0.717) is 6.54 Å². The van der Waals surface area contributed by atoms with E-state index in [4.69, 9.17) is 10.5 Å². The lowest BCUT2D eigenvalue weighted by molar-refractivity contribution is 0.477. The Morgan fingerprint density at radius 1 is 1.00 bits per heavy atom. The van der Waals surface area contributed by atoms with Crippen LogP contribution >= 0.6 is 15.9 Å². The van der Waals surface area contributed by atoms with Gasteiger partial charge in [0, 0.05) is 11.0 Å². The molecule has 0 aromatic heterocycles. The largest absolute Gasteiger partial charge is 0.457 e. The molecule has 0 amide bonds. The van der Waals surface area contributed by atoms with E-state index in [0.717, 1.165) is 27.1 Å². The molecule has 0 radical (unpaired) electrons. The number of hydrogen-bond donors (Lipinski definition) is 1. The molecule has 0 heterocycles. The first-order valence-corrected chi connectivity index (χ1v) is 7.04. The first-order valence-electron chi connectivity index (χ1n) is 6.25. The van der Waals surface area contributed by atoms with Crippen molar-refractivity contribution in [2.75, 3.05) is 0 Å². The van der Waals surface area contributed by atoms with Crippen LogP contribution in [0.2, 0.25) is 0 Å². The summed E-state index contributed by atoms with van der Waals surface area (Å²) in [7, 11) is 0. The molecule has 19 heavy (non-hydrogen) atoms. The van der Waals surface area contributed by atoms with Gasteiger partial charge in [-0.25, -0.2) is 0 Å². The molecule has 2 nitrogen and oxygen atoms in total. The lowest BCUT2D eigenvalue weighted by Gasteiger charge is -2.12. The number of aryl methyl sites for hydroxylation is 3. The van der Waals surface area contributed by atoms with Crippen molar-refractivity contribution in [3.63, 3.8) is 0 Å². The normalized spacial score (nSPS) is 10.6. The van der Waals surface area contributed by atoms with Crippen LogP contribution in [0.5, 0.6) is 11.5 Å². The SMILES string of the molecule is Cc1cc(CN)ccc1Oc1cc(C)c(Br)c(C)c1. The van der Waals surface area contributed by atoms with Crippen molar-refractivity contribution >= 4 is 15.9 Å². The van der Waals surface area contributed by atoms with Crippen LogP contribution in [-0.4, -0.2) is 0 Å². The molecule has 0 spiro atoms. The Labute approximate surface area is 122 Å². The fraction of sp³-hybridized carbons (Fsp3) is 0.250. The van der Waals surface area contributed by atoms with Crippen molar-refractivity contribution in [1.82, 2.24) is 0 Å². The molecule has 0 saturated carbocycles. The van der Waals surface area contributed by atoms with Crippen LogP contribution in [0.1, 0.15) is 22.3 Å². The molecule has 0 aliphatic carbocycles. The Morgan fingerprint density at radius 2 is 1.63 bits per heavy atom. The molecule has 0 fully saturated rings. The third-order valence-corrected chi connectivity index (χ3v) is 4.36. The van der Waals surface area contributed by atoms with Crippen LogP contribution in [0.4, 0.5) is 0 Å². The van der Waals surface area contributed by atoms with Crippen molar-refractivity contribution in [2.45, 2.75) is 27.3 Å². The number of ether oxygens (including phenoxy) is 1. The Balaban J connectivity index is 2.31. The zero-order valence-electron chi connectivity index (χ0n) is 11.5. The summed E-state index contributed by atoms with van der Waals surface area (Å²) in [5.74, 6) is 1.74. The molecule has 2 rings (SSSR count). The molecule has 0 aliphatic heterocycles. The van der Waals surface area contributed by atoms with Gasteiger partial charge in [0.25, 0.3) is 0 Å². The van der Waals surface area contributed by atoms with E-state index in [2.05, 4.69) is 35.8 Å². The highest BCUT2D eigenvalue weighted by Gasteiger charge is 2.06. The van der Waals surface area contributed by atoms with E-state index in [9.17, 15) is 0 Å². The molecule has 0 atom stereocenters. The average molecular weight is 320 g/mol. The van der Waals surface area contributed by atoms with Gasteiger partial charge in [-0.15, -0.1) is 0 Å². The summed E-state index contributed by atoms with van der Waals surface area (Å²) in [4.78, 5) is 0. The van der Waals surface area contributed by atoms with Gasteiger partial charge in [0.05, 0.1) is 0 Å². The minimum absolute atomic E-state index is 0.553. The predicted molar refractivity (Wildman–Crippen MR) is 82.8 cm³/mol. The summed E-state index contributed by atoms with van der Waals surface area (Å²) < 4.78 is 7.10. The molecule has 0 saturated heterocycles. The lowest BCUT2D eigenvalue weighted by Crippen LogP contribution is -1.97. The second-order valence-corrected chi connectivity index (χ2v) is 5.57. The summed E-state index contributed by atoms with van der Waals surface area (Å²) in [5, 5.41) is 0. The van der Waals surface area contributed by atoms with Crippen molar-refractivity contribution in [3.8, 4) is 11.5 Å². The van der Waals surface area contributed by atoms with Gasteiger partial charge in [0.1, 0.15) is 11.5 Å². The molecule has 2 aromatic rings. The predicted octanol–water partition coefficient (Wildman–Crippen LogP) is 4.63. The lowest BCUT2D eigenvalue weighted by atomic mass is 10.1. The fourth-order valence-electron chi connectivity index (χ4n) is 2.05. The van der Waals surface area contributed by atoms with Gasteiger partial charge in [-0.1, -0.05) is 28.1 Å². The van der Waals surface area contributed by atoms with E-state index in [-0.39, 0.29) is 0 Å². The molecule has 3 heteroatoms. The quantitative estimate of drug-likeness (QED) is 0.895. The van der Waals surface area contributed by atoms with Crippen molar-refractivity contribution in [2.24, 2.45) is 5.73 Å². The highest BCUT2D eigenvalue weighted by molar-refractivity contribution is 9.10. The Bertz CT molecular complexity index is 585. The molecule has 2 N–H and O–H groups in total. The standard InChI is InChI=1S/C16H18BrNO/c1-10-6-13(9-18)4-5-15(10)19-14-7-11(2)16(17)12(3)8-14/h4-8H,9,18H2,1-3H3. The zero-order chi connectivity index (χ0) is 14.0. The van der Waals surface area contributed by atoms with Crippen molar-refractivity contribution < 1.29 is 4.74 Å². The summed E-state index contributed by atoms with van der Waals surface area (Å²) in [6, 6.07) is 10.1. The summed E-state index contributed by atoms with van der Waals surface area (Å²) in [6.45, 7) is 6.72. The van der Waals surface area contributed by atoms with Crippen LogP contribution in [-0.2, 0) is 6.54 Å². The number of rotatable bonds is 3. The maximum absolute atomic E-state index is 5.96.